The number of hydrogen-bond donors (Lipinski definition) is 0. The number of hydrogen-bond acceptors (Lipinski definition) is 1. The van der Waals surface area contributed by atoms with Gasteiger partial charge in [-0.15, -0.1) is 5.73 Å². The molecule has 1 rings (SSSR count). The minimum absolute atomic E-state index is 0.0106. The molecule has 1 aromatic rings. The molecular formula is C12H11BrO. The smallest absolute Gasteiger partial charge is 0.160 e. The molecule has 0 aliphatic heterocycles. The van der Waals surface area contributed by atoms with Crippen LogP contribution in [-0.4, -0.2) is 5.78 Å². The first-order valence-electron chi connectivity index (χ1n) is 4.30. The average molecular weight is 251 g/mol. The van der Waals surface area contributed by atoms with Crippen LogP contribution < -0.4 is 0 Å². The summed E-state index contributed by atoms with van der Waals surface area (Å²) in [5, 5.41) is 0. The van der Waals surface area contributed by atoms with Crippen molar-refractivity contribution in [3.63, 3.8) is 0 Å². The predicted molar refractivity (Wildman–Crippen MR) is 62.0 cm³/mol. The molecule has 0 heterocycles. The van der Waals surface area contributed by atoms with Crippen molar-refractivity contribution in [2.45, 2.75) is 13.8 Å². The van der Waals surface area contributed by atoms with Crippen molar-refractivity contribution in [2.75, 3.05) is 0 Å². The van der Waals surface area contributed by atoms with E-state index in [1.54, 1.807) is 0 Å². The molecule has 0 spiro atoms. The lowest BCUT2D eigenvalue weighted by atomic mass is 10.1. The number of carbonyl (C=O) groups excluding carboxylic acids is 1. The third-order valence-corrected chi connectivity index (χ3v) is 2.46. The predicted octanol–water partition coefficient (Wildman–Crippen LogP) is 3.60. The molecule has 0 saturated heterocycles. The van der Waals surface area contributed by atoms with Crippen molar-refractivity contribution in [1.82, 2.24) is 0 Å². The van der Waals surface area contributed by atoms with Crippen LogP contribution in [0.15, 0.2) is 40.5 Å². The lowest BCUT2D eigenvalue weighted by Crippen LogP contribution is -1.81. The first kappa shape index (κ1) is 11.0. The Kier molecular flexibility index (Phi) is 3.87. The highest BCUT2D eigenvalue weighted by Gasteiger charge is 1.98. The highest BCUT2D eigenvalue weighted by atomic mass is 79.9. The zero-order valence-corrected chi connectivity index (χ0v) is 9.76. The number of carbonyl (C=O) groups is 1. The normalized spacial score (nSPS) is 9.07. The van der Waals surface area contributed by atoms with Gasteiger partial charge in [0.1, 0.15) is 0 Å². The van der Waals surface area contributed by atoms with Crippen LogP contribution in [0, 0.1) is 0 Å². The fourth-order valence-corrected chi connectivity index (χ4v) is 1.64. The molecule has 0 unspecified atom stereocenters. The van der Waals surface area contributed by atoms with E-state index in [1.165, 1.54) is 13.0 Å². The lowest BCUT2D eigenvalue weighted by Gasteiger charge is -2.00. The quantitative estimate of drug-likeness (QED) is 0.579. The van der Waals surface area contributed by atoms with E-state index < -0.39 is 0 Å². The first-order chi connectivity index (χ1) is 6.61. The summed E-state index contributed by atoms with van der Waals surface area (Å²) in [5.74, 6) is 0.0106. The standard InChI is InChI=1S/C12H11BrO/c1-9(7-8-10(2)14)11-5-3-4-6-12(11)13/h3-6,8H,1-2H3. The van der Waals surface area contributed by atoms with Gasteiger partial charge in [-0.05, 0) is 31.1 Å². The molecule has 0 aromatic heterocycles. The maximum atomic E-state index is 10.7. The lowest BCUT2D eigenvalue weighted by molar-refractivity contribution is -0.112. The molecule has 1 nitrogen and oxygen atoms in total. The van der Waals surface area contributed by atoms with Crippen molar-refractivity contribution in [3.8, 4) is 0 Å². The van der Waals surface area contributed by atoms with Gasteiger partial charge in [-0.25, -0.2) is 0 Å². The van der Waals surface area contributed by atoms with E-state index in [2.05, 4.69) is 21.7 Å². The summed E-state index contributed by atoms with van der Waals surface area (Å²) in [6.07, 6.45) is 1.45. The average Bonchev–Trinajstić information content (AvgIpc) is 2.15. The summed E-state index contributed by atoms with van der Waals surface area (Å²) in [6.45, 7) is 3.44. The molecule has 0 aliphatic carbocycles. The Morgan fingerprint density at radius 2 is 2.00 bits per heavy atom. The SMILES string of the molecule is CC(=O)C=C=C(C)c1ccccc1Br. The van der Waals surface area contributed by atoms with E-state index in [-0.39, 0.29) is 5.78 Å². The van der Waals surface area contributed by atoms with E-state index >= 15 is 0 Å². The number of benzene rings is 1. The van der Waals surface area contributed by atoms with Gasteiger partial charge in [0.2, 0.25) is 0 Å². The summed E-state index contributed by atoms with van der Waals surface area (Å²) in [6, 6.07) is 7.86. The van der Waals surface area contributed by atoms with Gasteiger partial charge in [-0.1, -0.05) is 34.1 Å². The van der Waals surface area contributed by atoms with Crippen LogP contribution in [0.25, 0.3) is 5.57 Å². The first-order valence-corrected chi connectivity index (χ1v) is 5.09. The second-order valence-electron chi connectivity index (χ2n) is 3.00. The Morgan fingerprint density at radius 3 is 2.57 bits per heavy atom. The Hall–Kier alpha value is -1.11. The van der Waals surface area contributed by atoms with Gasteiger partial charge >= 0.3 is 0 Å². The third kappa shape index (κ3) is 2.99. The second kappa shape index (κ2) is 4.94. The topological polar surface area (TPSA) is 17.1 Å². The van der Waals surface area contributed by atoms with Gasteiger partial charge in [0.05, 0.1) is 0 Å². The molecule has 0 saturated carbocycles. The molecule has 0 N–H and O–H groups in total. The van der Waals surface area contributed by atoms with Gasteiger partial charge in [-0.2, -0.15) is 0 Å². The van der Waals surface area contributed by atoms with Crippen molar-refractivity contribution < 1.29 is 4.79 Å². The van der Waals surface area contributed by atoms with Gasteiger partial charge < -0.3 is 0 Å². The van der Waals surface area contributed by atoms with Crippen molar-refractivity contribution in [1.29, 1.82) is 0 Å². The minimum Gasteiger partial charge on any atom is -0.294 e. The molecule has 0 fully saturated rings. The van der Waals surface area contributed by atoms with E-state index in [4.69, 9.17) is 0 Å². The number of ketones is 1. The van der Waals surface area contributed by atoms with Gasteiger partial charge in [0, 0.05) is 10.5 Å². The van der Waals surface area contributed by atoms with Crippen molar-refractivity contribution in [3.05, 3.63) is 46.1 Å². The number of allylic oxidation sites excluding steroid dienone is 1. The number of halogens is 1. The maximum Gasteiger partial charge on any atom is 0.160 e. The van der Waals surface area contributed by atoms with Crippen LogP contribution in [-0.2, 0) is 4.79 Å². The zero-order valence-electron chi connectivity index (χ0n) is 8.17. The molecule has 0 radical (unpaired) electrons. The minimum atomic E-state index is 0.0106. The van der Waals surface area contributed by atoms with E-state index in [1.807, 2.05) is 31.2 Å². The summed E-state index contributed by atoms with van der Waals surface area (Å²) in [5.41, 5.74) is 4.96. The van der Waals surface area contributed by atoms with E-state index in [0.29, 0.717) is 0 Å². The van der Waals surface area contributed by atoms with Crippen LogP contribution in [0.1, 0.15) is 19.4 Å². The van der Waals surface area contributed by atoms with Crippen LogP contribution in [0.4, 0.5) is 0 Å². The highest BCUT2D eigenvalue weighted by Crippen LogP contribution is 2.22. The fourth-order valence-electron chi connectivity index (χ4n) is 1.05. The molecule has 0 amide bonds. The van der Waals surface area contributed by atoms with Crippen LogP contribution in [0.5, 0.6) is 0 Å². The highest BCUT2D eigenvalue weighted by molar-refractivity contribution is 9.10. The Labute approximate surface area is 92.3 Å². The second-order valence-corrected chi connectivity index (χ2v) is 3.86. The van der Waals surface area contributed by atoms with Crippen molar-refractivity contribution >= 4 is 27.3 Å². The summed E-state index contributed by atoms with van der Waals surface area (Å²) in [7, 11) is 0. The Bertz CT molecular complexity index is 412. The van der Waals surface area contributed by atoms with Crippen LogP contribution in [0.3, 0.4) is 0 Å². The number of rotatable bonds is 2. The molecular weight excluding hydrogens is 240 g/mol. The molecule has 2 heteroatoms. The van der Waals surface area contributed by atoms with Crippen molar-refractivity contribution in [2.24, 2.45) is 0 Å². The molecule has 14 heavy (non-hydrogen) atoms. The fraction of sp³-hybridized carbons (Fsp3) is 0.167. The zero-order chi connectivity index (χ0) is 10.6. The summed E-state index contributed by atoms with van der Waals surface area (Å²) >= 11 is 3.44. The van der Waals surface area contributed by atoms with Crippen LogP contribution in [0.2, 0.25) is 0 Å². The molecule has 0 atom stereocenters. The van der Waals surface area contributed by atoms with E-state index in [9.17, 15) is 4.79 Å². The third-order valence-electron chi connectivity index (χ3n) is 1.77. The Balaban J connectivity index is 3.13. The maximum absolute atomic E-state index is 10.7. The van der Waals surface area contributed by atoms with Crippen LogP contribution >= 0.6 is 15.9 Å². The summed E-state index contributed by atoms with van der Waals surface area (Å²) < 4.78 is 1.02. The molecule has 0 aliphatic rings. The van der Waals surface area contributed by atoms with Gasteiger partial charge in [0.25, 0.3) is 0 Å². The largest absolute Gasteiger partial charge is 0.294 e. The molecule has 0 bridgehead atoms. The van der Waals surface area contributed by atoms with Gasteiger partial charge in [-0.3, -0.25) is 4.79 Å². The monoisotopic (exact) mass is 250 g/mol. The molecule has 1 aromatic carbocycles. The van der Waals surface area contributed by atoms with E-state index in [0.717, 1.165) is 15.6 Å². The Morgan fingerprint density at radius 1 is 1.36 bits per heavy atom. The van der Waals surface area contributed by atoms with Gasteiger partial charge in [0.15, 0.2) is 5.78 Å². The summed E-state index contributed by atoms with van der Waals surface area (Å²) in [4.78, 5) is 10.7. The molecule has 72 valence electrons.